The van der Waals surface area contributed by atoms with Gasteiger partial charge in [0.2, 0.25) is 5.75 Å². The van der Waals surface area contributed by atoms with Gasteiger partial charge >= 0.3 is 7.60 Å². The number of anilines is 1. The van der Waals surface area contributed by atoms with Crippen LogP contribution in [0.25, 0.3) is 0 Å². The molecule has 2 aromatic carbocycles. The van der Waals surface area contributed by atoms with Crippen LogP contribution in [0.5, 0.6) is 17.2 Å². The van der Waals surface area contributed by atoms with E-state index < -0.39 is 13.4 Å². The van der Waals surface area contributed by atoms with Crippen LogP contribution in [0.1, 0.15) is 55.7 Å². The van der Waals surface area contributed by atoms with Crippen LogP contribution in [0.3, 0.4) is 0 Å². The second-order valence-electron chi connectivity index (χ2n) is 8.63. The second kappa shape index (κ2) is 11.3. The summed E-state index contributed by atoms with van der Waals surface area (Å²) >= 11 is 0. The van der Waals surface area contributed by atoms with Crippen molar-refractivity contribution in [2.24, 2.45) is 0 Å². The number of methoxy groups -OCH3 is 3. The lowest BCUT2D eigenvalue weighted by atomic mass is 10.0. The highest BCUT2D eigenvalue weighted by atomic mass is 31.2. The fourth-order valence-corrected chi connectivity index (χ4v) is 6.15. The third-order valence-electron chi connectivity index (χ3n) is 4.99. The minimum Gasteiger partial charge on any atom is -0.493 e. The van der Waals surface area contributed by atoms with Gasteiger partial charge in [0.15, 0.2) is 17.3 Å². The Morgan fingerprint density at radius 2 is 1.21 bits per heavy atom. The highest BCUT2D eigenvalue weighted by molar-refractivity contribution is 7.54. The molecule has 0 fully saturated rings. The fourth-order valence-electron chi connectivity index (χ4n) is 3.88. The first-order chi connectivity index (χ1) is 15.4. The van der Waals surface area contributed by atoms with E-state index in [9.17, 15) is 4.57 Å². The van der Waals surface area contributed by atoms with Crippen molar-refractivity contribution in [3.63, 3.8) is 0 Å². The van der Waals surface area contributed by atoms with Gasteiger partial charge in [-0.05, 0) is 77.3 Å². The molecule has 2 aromatic rings. The van der Waals surface area contributed by atoms with Gasteiger partial charge in [-0.3, -0.25) is 4.57 Å². The SMILES string of the molecule is COc1cc(C(Nc2c(C)cc(C)cc2C)P(=O)(OC(C)C)OC(C)C)cc(OC)c1OC. The number of hydrogen-bond donors (Lipinski definition) is 1. The van der Waals surface area contributed by atoms with Crippen LogP contribution >= 0.6 is 7.60 Å². The first kappa shape index (κ1) is 27.0. The molecule has 0 radical (unpaired) electrons. The fraction of sp³-hybridized carbons (Fsp3) is 0.520. The Hall–Kier alpha value is -2.21. The van der Waals surface area contributed by atoms with Crippen molar-refractivity contribution in [3.8, 4) is 17.2 Å². The summed E-state index contributed by atoms with van der Waals surface area (Å²) in [6.45, 7) is 13.4. The monoisotopic (exact) mass is 479 g/mol. The van der Waals surface area contributed by atoms with Gasteiger partial charge in [0.25, 0.3) is 0 Å². The van der Waals surface area contributed by atoms with E-state index in [4.69, 9.17) is 23.3 Å². The molecule has 0 aliphatic heterocycles. The Balaban J connectivity index is 2.78. The summed E-state index contributed by atoms with van der Waals surface area (Å²) < 4.78 is 43.0. The van der Waals surface area contributed by atoms with Crippen molar-refractivity contribution in [3.05, 3.63) is 46.5 Å². The van der Waals surface area contributed by atoms with E-state index in [2.05, 4.69) is 24.4 Å². The average Bonchev–Trinajstić information content (AvgIpc) is 2.70. The number of nitrogens with one attached hydrogen (secondary N) is 1. The standard InChI is InChI=1S/C25H38NO6P/c1-15(2)31-33(27,32-16(3)4)25(26-23-18(6)11-17(5)12-19(23)7)20-13-21(28-8)24(30-10)22(14-20)29-9/h11-16,25-26H,1-10H3. The highest BCUT2D eigenvalue weighted by Gasteiger charge is 2.41. The minimum absolute atomic E-state index is 0.318. The van der Waals surface area contributed by atoms with Crippen LogP contribution in [-0.4, -0.2) is 33.5 Å². The quantitative estimate of drug-likeness (QED) is 0.356. The van der Waals surface area contributed by atoms with Gasteiger partial charge in [-0.15, -0.1) is 0 Å². The molecule has 0 aliphatic rings. The van der Waals surface area contributed by atoms with Gasteiger partial charge in [0, 0.05) is 5.69 Å². The molecule has 1 unspecified atom stereocenters. The van der Waals surface area contributed by atoms with Crippen LogP contribution in [0, 0.1) is 20.8 Å². The number of aryl methyl sites for hydroxylation is 3. The molecular formula is C25H38NO6P. The van der Waals surface area contributed by atoms with Crippen molar-refractivity contribution in [1.82, 2.24) is 0 Å². The van der Waals surface area contributed by atoms with Gasteiger partial charge < -0.3 is 28.6 Å². The van der Waals surface area contributed by atoms with Crippen molar-refractivity contribution in [1.29, 1.82) is 0 Å². The summed E-state index contributed by atoms with van der Waals surface area (Å²) in [7, 11) is 0.914. The zero-order valence-electron chi connectivity index (χ0n) is 21.4. The molecule has 0 spiro atoms. The van der Waals surface area contributed by atoms with E-state index in [-0.39, 0.29) is 12.2 Å². The lowest BCUT2D eigenvalue weighted by molar-refractivity contribution is 0.138. The van der Waals surface area contributed by atoms with Crippen LogP contribution in [0.2, 0.25) is 0 Å². The topological polar surface area (TPSA) is 75.3 Å². The third-order valence-corrected chi connectivity index (χ3v) is 7.48. The van der Waals surface area contributed by atoms with Gasteiger partial charge in [-0.1, -0.05) is 17.7 Å². The van der Waals surface area contributed by atoms with Crippen LogP contribution < -0.4 is 19.5 Å². The summed E-state index contributed by atoms with van der Waals surface area (Å²) in [6.07, 6.45) is -0.637. The van der Waals surface area contributed by atoms with E-state index in [1.165, 1.54) is 0 Å². The van der Waals surface area contributed by atoms with Gasteiger partial charge in [0.05, 0.1) is 33.5 Å². The van der Waals surface area contributed by atoms with Crippen LogP contribution in [0.15, 0.2) is 24.3 Å². The number of ether oxygens (including phenoxy) is 3. The summed E-state index contributed by atoms with van der Waals surface area (Å²) in [4.78, 5) is 0. The molecule has 0 aromatic heterocycles. The Bertz CT molecular complexity index is 942. The van der Waals surface area contributed by atoms with E-state index in [0.717, 1.165) is 22.4 Å². The van der Waals surface area contributed by atoms with Crippen molar-refractivity contribution in [2.45, 2.75) is 66.5 Å². The molecular weight excluding hydrogens is 441 g/mol. The number of rotatable bonds is 11. The second-order valence-corrected chi connectivity index (χ2v) is 10.6. The van der Waals surface area contributed by atoms with Crippen LogP contribution in [-0.2, 0) is 13.6 Å². The van der Waals surface area contributed by atoms with Crippen molar-refractivity contribution < 1.29 is 27.8 Å². The molecule has 1 N–H and O–H groups in total. The predicted molar refractivity (Wildman–Crippen MR) is 133 cm³/mol. The molecule has 0 heterocycles. The van der Waals surface area contributed by atoms with E-state index in [1.54, 1.807) is 33.5 Å². The molecule has 0 saturated carbocycles. The molecule has 0 amide bonds. The Morgan fingerprint density at radius 1 is 0.758 bits per heavy atom. The van der Waals surface area contributed by atoms with Gasteiger partial charge in [-0.2, -0.15) is 0 Å². The number of benzene rings is 2. The molecule has 7 nitrogen and oxygen atoms in total. The Kier molecular flexibility index (Phi) is 9.24. The van der Waals surface area contributed by atoms with Crippen LogP contribution in [0.4, 0.5) is 5.69 Å². The maximum absolute atomic E-state index is 14.4. The molecule has 0 aliphatic carbocycles. The maximum Gasteiger partial charge on any atom is 0.357 e. The third kappa shape index (κ3) is 6.44. The Labute approximate surface area is 198 Å². The van der Waals surface area contributed by atoms with Gasteiger partial charge in [-0.25, -0.2) is 0 Å². The minimum atomic E-state index is -3.73. The molecule has 1 atom stereocenters. The normalized spacial score (nSPS) is 12.7. The first-order valence-electron chi connectivity index (χ1n) is 11.1. The average molecular weight is 480 g/mol. The summed E-state index contributed by atoms with van der Waals surface area (Å²) in [5.74, 6) is 0.541. The molecule has 33 heavy (non-hydrogen) atoms. The largest absolute Gasteiger partial charge is 0.493 e. The smallest absolute Gasteiger partial charge is 0.357 e. The Morgan fingerprint density at radius 3 is 1.58 bits per heavy atom. The van der Waals surface area contributed by atoms with E-state index >= 15 is 0 Å². The molecule has 0 bridgehead atoms. The molecule has 0 saturated heterocycles. The molecule has 8 heteroatoms. The molecule has 184 valence electrons. The van der Waals surface area contributed by atoms with Gasteiger partial charge in [0.1, 0.15) is 0 Å². The predicted octanol–water partition coefficient (Wildman–Crippen LogP) is 6.79. The number of hydrogen-bond acceptors (Lipinski definition) is 7. The summed E-state index contributed by atoms with van der Waals surface area (Å²) in [5, 5.41) is 3.49. The maximum atomic E-state index is 14.4. The molecule has 2 rings (SSSR count). The lowest BCUT2D eigenvalue weighted by Crippen LogP contribution is -2.20. The van der Waals surface area contributed by atoms with E-state index in [0.29, 0.717) is 22.8 Å². The lowest BCUT2D eigenvalue weighted by Gasteiger charge is -2.32. The summed E-state index contributed by atoms with van der Waals surface area (Å²) in [6, 6.07) is 7.72. The zero-order chi connectivity index (χ0) is 24.9. The van der Waals surface area contributed by atoms with E-state index in [1.807, 2.05) is 41.5 Å². The zero-order valence-corrected chi connectivity index (χ0v) is 22.3. The van der Waals surface area contributed by atoms with Crippen molar-refractivity contribution in [2.75, 3.05) is 26.6 Å². The highest BCUT2D eigenvalue weighted by Crippen LogP contribution is 2.63. The summed E-state index contributed by atoms with van der Waals surface area (Å²) in [5.41, 5.74) is 4.73. The van der Waals surface area contributed by atoms with Crippen molar-refractivity contribution >= 4 is 13.3 Å². The first-order valence-corrected chi connectivity index (χ1v) is 12.7.